The summed E-state index contributed by atoms with van der Waals surface area (Å²) in [6, 6.07) is 22.0. The van der Waals surface area contributed by atoms with Crippen LogP contribution in [0.15, 0.2) is 72.4 Å². The molecule has 1 amide bonds. The number of nitrogens with one attached hydrogen (secondary N) is 1. The zero-order valence-electron chi connectivity index (χ0n) is 19.9. The summed E-state index contributed by atoms with van der Waals surface area (Å²) in [4.78, 5) is 13.0. The molecule has 5 heteroatoms. The van der Waals surface area contributed by atoms with Gasteiger partial charge in [-0.25, -0.2) is 4.68 Å². The molecule has 0 saturated heterocycles. The maximum atomic E-state index is 13.0. The number of carbonyl (C=O) groups excluding carboxylic acids is 1. The second-order valence-corrected chi connectivity index (χ2v) is 10.7. The highest BCUT2D eigenvalue weighted by molar-refractivity contribution is 6.01. The van der Waals surface area contributed by atoms with Crippen LogP contribution in [0.5, 0.6) is 0 Å². The summed E-state index contributed by atoms with van der Waals surface area (Å²) < 4.78 is 1.93. The van der Waals surface area contributed by atoms with Gasteiger partial charge in [-0.15, -0.1) is 0 Å². The van der Waals surface area contributed by atoms with Crippen LogP contribution in [0.25, 0.3) is 11.8 Å². The lowest BCUT2D eigenvalue weighted by atomic mass is 9.48. The lowest BCUT2D eigenvalue weighted by molar-refractivity contribution is -0.117. The molecule has 1 N–H and O–H groups in total. The molecule has 4 fully saturated rings. The first-order valence-corrected chi connectivity index (χ1v) is 12.7. The van der Waals surface area contributed by atoms with Crippen LogP contribution in [0.2, 0.25) is 0 Å². The van der Waals surface area contributed by atoms with E-state index in [0.717, 1.165) is 40.3 Å². The molecule has 0 radical (unpaired) electrons. The molecular formula is C30H30N4O. The van der Waals surface area contributed by atoms with Crippen molar-refractivity contribution in [1.29, 1.82) is 5.26 Å². The molecule has 3 aromatic rings. The Balaban J connectivity index is 1.36. The monoisotopic (exact) mass is 462 g/mol. The third-order valence-corrected chi connectivity index (χ3v) is 8.26. The molecule has 0 atom stereocenters. The van der Waals surface area contributed by atoms with Crippen molar-refractivity contribution >= 4 is 12.0 Å². The van der Waals surface area contributed by atoms with Crippen LogP contribution >= 0.6 is 0 Å². The van der Waals surface area contributed by atoms with Gasteiger partial charge >= 0.3 is 0 Å². The van der Waals surface area contributed by atoms with Gasteiger partial charge in [0.1, 0.15) is 11.6 Å². The van der Waals surface area contributed by atoms with Crippen LogP contribution in [0, 0.1) is 29.1 Å². The summed E-state index contributed by atoms with van der Waals surface area (Å²) in [5, 5.41) is 17.9. The molecule has 5 nitrogen and oxygen atoms in total. The van der Waals surface area contributed by atoms with Gasteiger partial charge in [-0.3, -0.25) is 4.79 Å². The van der Waals surface area contributed by atoms with Crippen molar-refractivity contribution < 1.29 is 4.79 Å². The summed E-state index contributed by atoms with van der Waals surface area (Å²) >= 11 is 0. The van der Waals surface area contributed by atoms with E-state index < -0.39 is 0 Å². The Kier molecular flexibility index (Phi) is 5.53. The minimum absolute atomic E-state index is 0.0572. The zero-order chi connectivity index (χ0) is 23.8. The van der Waals surface area contributed by atoms with Crippen LogP contribution in [0.1, 0.15) is 55.3 Å². The number of carbonyl (C=O) groups is 1. The van der Waals surface area contributed by atoms with Crippen LogP contribution in [0.3, 0.4) is 0 Å². The van der Waals surface area contributed by atoms with Gasteiger partial charge in [0.05, 0.1) is 11.4 Å². The lowest BCUT2D eigenvalue weighted by Crippen LogP contribution is -2.49. The minimum atomic E-state index is -0.347. The Morgan fingerprint density at radius 3 is 2.20 bits per heavy atom. The van der Waals surface area contributed by atoms with E-state index in [4.69, 9.17) is 5.10 Å². The normalized spacial score (nSPS) is 26.9. The van der Waals surface area contributed by atoms with Crippen molar-refractivity contribution in [3.05, 3.63) is 89.3 Å². The number of nitriles is 1. The Morgan fingerprint density at radius 1 is 1.00 bits per heavy atom. The second kappa shape index (κ2) is 8.85. The van der Waals surface area contributed by atoms with E-state index in [1.165, 1.54) is 38.5 Å². The largest absolute Gasteiger partial charge is 0.347 e. The van der Waals surface area contributed by atoms with E-state index >= 15 is 0 Å². The Morgan fingerprint density at radius 2 is 1.60 bits per heavy atom. The molecule has 0 unspecified atom stereocenters. The molecule has 176 valence electrons. The molecular weight excluding hydrogens is 432 g/mol. The van der Waals surface area contributed by atoms with Crippen LogP contribution < -0.4 is 5.32 Å². The highest BCUT2D eigenvalue weighted by Crippen LogP contribution is 2.61. The standard InChI is InChI=1S/C30H30N4O/c31-18-25(29(35)32-19-21-7-3-1-4-8-21)14-26-20-34(27-9-5-2-6-10-27)33-28(26)30-15-22-11-23(16-30)13-24(12-22)17-30/h1-10,14,20,22-24H,11-13,15-17,19H2,(H,32,35). The van der Waals surface area contributed by atoms with E-state index in [2.05, 4.69) is 11.4 Å². The predicted octanol–water partition coefficient (Wildman–Crippen LogP) is 5.56. The average molecular weight is 463 g/mol. The second-order valence-electron chi connectivity index (χ2n) is 10.7. The predicted molar refractivity (Wildman–Crippen MR) is 135 cm³/mol. The molecule has 0 aliphatic heterocycles. The summed E-state index contributed by atoms with van der Waals surface area (Å²) in [5.41, 5.74) is 4.15. The minimum Gasteiger partial charge on any atom is -0.347 e. The number of amides is 1. The van der Waals surface area contributed by atoms with Crippen molar-refractivity contribution in [2.24, 2.45) is 17.8 Å². The molecule has 35 heavy (non-hydrogen) atoms. The molecule has 1 aromatic heterocycles. The fraction of sp³-hybridized carbons (Fsp3) is 0.367. The molecule has 0 spiro atoms. The number of rotatable bonds is 6. The summed E-state index contributed by atoms with van der Waals surface area (Å²) in [6.45, 7) is 0.393. The van der Waals surface area contributed by atoms with Gasteiger partial charge < -0.3 is 5.32 Å². The van der Waals surface area contributed by atoms with Crippen LogP contribution in [0.4, 0.5) is 0 Å². The van der Waals surface area contributed by atoms with Crippen molar-refractivity contribution in [3.63, 3.8) is 0 Å². The molecule has 7 rings (SSSR count). The molecule has 4 aliphatic rings. The van der Waals surface area contributed by atoms with Gasteiger partial charge in [-0.05, 0) is 80.1 Å². The van der Waals surface area contributed by atoms with E-state index in [0.29, 0.717) is 6.54 Å². The quantitative estimate of drug-likeness (QED) is 0.385. The number of benzene rings is 2. The highest BCUT2D eigenvalue weighted by Gasteiger charge is 2.53. The smallest absolute Gasteiger partial charge is 0.262 e. The SMILES string of the molecule is N#CC(=Cc1cn(-c2ccccc2)nc1C12CC3CC(CC(C3)C1)C2)C(=O)NCc1ccccc1. The topological polar surface area (TPSA) is 70.7 Å². The van der Waals surface area contributed by atoms with Crippen molar-refractivity contribution in [2.45, 2.75) is 50.5 Å². The van der Waals surface area contributed by atoms with E-state index in [-0.39, 0.29) is 16.9 Å². The van der Waals surface area contributed by atoms with Gasteiger partial charge in [-0.2, -0.15) is 10.4 Å². The fourth-order valence-electron chi connectivity index (χ4n) is 7.20. The molecule has 4 saturated carbocycles. The van der Waals surface area contributed by atoms with Crippen molar-refractivity contribution in [2.75, 3.05) is 0 Å². The van der Waals surface area contributed by atoms with E-state index in [9.17, 15) is 10.1 Å². The number of hydrogen-bond donors (Lipinski definition) is 1. The Bertz CT molecular complexity index is 1260. The fourth-order valence-corrected chi connectivity index (χ4v) is 7.20. The van der Waals surface area contributed by atoms with Crippen molar-refractivity contribution in [3.8, 4) is 11.8 Å². The first-order valence-electron chi connectivity index (χ1n) is 12.7. The Hall–Kier alpha value is -3.65. The van der Waals surface area contributed by atoms with Gasteiger partial charge in [0.25, 0.3) is 5.91 Å². The summed E-state index contributed by atoms with van der Waals surface area (Å²) in [7, 11) is 0. The van der Waals surface area contributed by atoms with Crippen molar-refractivity contribution in [1.82, 2.24) is 15.1 Å². The molecule has 2 aromatic carbocycles. The van der Waals surface area contributed by atoms with Gasteiger partial charge in [0, 0.05) is 23.7 Å². The van der Waals surface area contributed by atoms with E-state index in [1.54, 1.807) is 6.08 Å². The Labute approximate surface area is 206 Å². The number of aromatic nitrogens is 2. The molecule has 1 heterocycles. The van der Waals surface area contributed by atoms with Crippen LogP contribution in [-0.4, -0.2) is 15.7 Å². The number of hydrogen-bond acceptors (Lipinski definition) is 3. The molecule has 4 bridgehead atoms. The maximum absolute atomic E-state index is 13.0. The lowest BCUT2D eigenvalue weighted by Gasteiger charge is -2.56. The average Bonchev–Trinajstić information content (AvgIpc) is 3.31. The van der Waals surface area contributed by atoms with Gasteiger partial charge in [0.15, 0.2) is 0 Å². The first-order chi connectivity index (χ1) is 17.1. The first kappa shape index (κ1) is 21.9. The van der Waals surface area contributed by atoms with Gasteiger partial charge in [-0.1, -0.05) is 48.5 Å². The molecule has 4 aliphatic carbocycles. The third-order valence-electron chi connectivity index (χ3n) is 8.26. The van der Waals surface area contributed by atoms with Gasteiger partial charge in [0.2, 0.25) is 0 Å². The zero-order valence-corrected chi connectivity index (χ0v) is 19.9. The summed E-state index contributed by atoms with van der Waals surface area (Å²) in [6.07, 6.45) is 11.4. The maximum Gasteiger partial charge on any atom is 0.262 e. The summed E-state index contributed by atoms with van der Waals surface area (Å²) in [5.74, 6) is 2.00. The van der Waals surface area contributed by atoms with Crippen LogP contribution in [-0.2, 0) is 16.8 Å². The third kappa shape index (κ3) is 4.18. The number of para-hydroxylation sites is 1. The van der Waals surface area contributed by atoms with E-state index in [1.807, 2.05) is 71.5 Å². The highest BCUT2D eigenvalue weighted by atomic mass is 16.1. The number of nitrogens with zero attached hydrogens (tertiary/aromatic N) is 3.